The summed E-state index contributed by atoms with van der Waals surface area (Å²) >= 11 is 3.43. The summed E-state index contributed by atoms with van der Waals surface area (Å²) in [6.45, 7) is 12.3. The molecule has 0 bridgehead atoms. The summed E-state index contributed by atoms with van der Waals surface area (Å²) in [5.41, 5.74) is 1.45. The molecule has 0 radical (unpaired) electrons. The highest BCUT2D eigenvalue weighted by molar-refractivity contribution is 9.11. The normalized spacial score (nSPS) is 13.7. The van der Waals surface area contributed by atoms with Crippen molar-refractivity contribution in [3.05, 3.63) is 22.2 Å². The third-order valence-corrected chi connectivity index (χ3v) is 2.67. The van der Waals surface area contributed by atoms with Gasteiger partial charge < -0.3 is 4.90 Å². The molecule has 0 saturated carbocycles. The molecule has 0 aromatic carbocycles. The molecule has 0 N–H and O–H groups in total. The minimum atomic E-state index is 1.16. The molecule has 0 aromatic heterocycles. The van der Waals surface area contributed by atoms with Gasteiger partial charge in [0.25, 0.3) is 0 Å². The van der Waals surface area contributed by atoms with Crippen LogP contribution < -0.4 is 0 Å². The second kappa shape index (κ2) is 9.17. The first-order chi connectivity index (χ1) is 7.10. The van der Waals surface area contributed by atoms with Crippen LogP contribution in [0.1, 0.15) is 40.5 Å². The Kier molecular flexibility index (Phi) is 9.12. The van der Waals surface area contributed by atoms with E-state index in [1.165, 1.54) is 36.0 Å². The van der Waals surface area contributed by atoms with Crippen LogP contribution >= 0.6 is 15.9 Å². The zero-order valence-electron chi connectivity index (χ0n) is 10.5. The van der Waals surface area contributed by atoms with Crippen molar-refractivity contribution in [3.63, 3.8) is 0 Å². The van der Waals surface area contributed by atoms with Crippen molar-refractivity contribution < 1.29 is 0 Å². The fraction of sp³-hybridized carbons (Fsp3) is 0.692. The van der Waals surface area contributed by atoms with E-state index in [4.69, 9.17) is 0 Å². The second-order valence-electron chi connectivity index (χ2n) is 3.95. The summed E-state index contributed by atoms with van der Waals surface area (Å²) in [6.07, 6.45) is 6.73. The van der Waals surface area contributed by atoms with E-state index in [-0.39, 0.29) is 0 Å². The SMILES string of the molecule is CCCN(CC)CC/C(C)=C/C=C(\C)Br. The van der Waals surface area contributed by atoms with Gasteiger partial charge in [0.15, 0.2) is 0 Å². The highest BCUT2D eigenvalue weighted by Gasteiger charge is 1.99. The topological polar surface area (TPSA) is 3.24 Å². The smallest absolute Gasteiger partial charge is 0.00185 e. The fourth-order valence-corrected chi connectivity index (χ4v) is 1.55. The average molecular weight is 274 g/mol. The van der Waals surface area contributed by atoms with Gasteiger partial charge in [-0.2, -0.15) is 0 Å². The maximum atomic E-state index is 3.43. The van der Waals surface area contributed by atoms with Crippen LogP contribution in [0, 0.1) is 0 Å². The predicted octanol–water partition coefficient (Wildman–Crippen LogP) is 4.35. The molecule has 0 saturated heterocycles. The van der Waals surface area contributed by atoms with Gasteiger partial charge in [-0.15, -0.1) is 0 Å². The van der Waals surface area contributed by atoms with Crippen molar-refractivity contribution in [2.45, 2.75) is 40.5 Å². The molecule has 88 valence electrons. The first-order valence-corrected chi connectivity index (χ1v) is 6.61. The third kappa shape index (κ3) is 8.88. The molecule has 0 spiro atoms. The number of hydrogen-bond acceptors (Lipinski definition) is 1. The summed E-state index contributed by atoms with van der Waals surface area (Å²) in [5.74, 6) is 0. The number of halogens is 1. The molecule has 0 aliphatic heterocycles. The summed E-state index contributed by atoms with van der Waals surface area (Å²) in [7, 11) is 0. The minimum absolute atomic E-state index is 1.16. The monoisotopic (exact) mass is 273 g/mol. The molecule has 2 heteroatoms. The molecule has 0 aliphatic carbocycles. The Morgan fingerprint density at radius 2 is 1.80 bits per heavy atom. The Hall–Kier alpha value is -0.0800. The van der Waals surface area contributed by atoms with Gasteiger partial charge in [-0.3, -0.25) is 0 Å². The van der Waals surface area contributed by atoms with Crippen LogP contribution in [0.25, 0.3) is 0 Å². The molecule has 0 aromatic rings. The van der Waals surface area contributed by atoms with E-state index in [0.717, 1.165) is 6.54 Å². The van der Waals surface area contributed by atoms with Crippen molar-refractivity contribution in [1.29, 1.82) is 0 Å². The van der Waals surface area contributed by atoms with E-state index < -0.39 is 0 Å². The fourth-order valence-electron chi connectivity index (χ4n) is 1.42. The van der Waals surface area contributed by atoms with E-state index in [1.807, 2.05) is 0 Å². The molecule has 15 heavy (non-hydrogen) atoms. The molecule has 0 aliphatic rings. The maximum Gasteiger partial charge on any atom is 0.00185 e. The number of nitrogens with zero attached hydrogens (tertiary/aromatic N) is 1. The average Bonchev–Trinajstić information content (AvgIpc) is 2.21. The Bertz CT molecular complexity index is 215. The van der Waals surface area contributed by atoms with E-state index in [2.05, 4.69) is 60.7 Å². The molecule has 0 fully saturated rings. The lowest BCUT2D eigenvalue weighted by molar-refractivity contribution is 0.292. The van der Waals surface area contributed by atoms with Gasteiger partial charge in [0, 0.05) is 6.54 Å². The molecule has 0 heterocycles. The van der Waals surface area contributed by atoms with Crippen LogP contribution in [0.15, 0.2) is 22.2 Å². The van der Waals surface area contributed by atoms with E-state index in [9.17, 15) is 0 Å². The first-order valence-electron chi connectivity index (χ1n) is 5.82. The molecule has 0 amide bonds. The van der Waals surface area contributed by atoms with E-state index in [1.54, 1.807) is 0 Å². The van der Waals surface area contributed by atoms with E-state index in [0.29, 0.717) is 0 Å². The Labute approximate surface area is 103 Å². The van der Waals surface area contributed by atoms with Crippen LogP contribution in [0.4, 0.5) is 0 Å². The van der Waals surface area contributed by atoms with Crippen LogP contribution in [-0.4, -0.2) is 24.5 Å². The third-order valence-electron chi connectivity index (χ3n) is 2.41. The zero-order valence-corrected chi connectivity index (χ0v) is 12.1. The highest BCUT2D eigenvalue weighted by Crippen LogP contribution is 2.07. The number of allylic oxidation sites excluding steroid dienone is 3. The van der Waals surface area contributed by atoms with Crippen molar-refractivity contribution in [2.24, 2.45) is 0 Å². The van der Waals surface area contributed by atoms with Crippen LogP contribution in [0.5, 0.6) is 0 Å². The van der Waals surface area contributed by atoms with Crippen molar-refractivity contribution in [3.8, 4) is 0 Å². The van der Waals surface area contributed by atoms with Crippen LogP contribution in [0.3, 0.4) is 0 Å². The quantitative estimate of drug-likeness (QED) is 0.624. The Balaban J connectivity index is 3.92. The molecule has 0 unspecified atom stereocenters. The lowest BCUT2D eigenvalue weighted by Crippen LogP contribution is -2.25. The largest absolute Gasteiger partial charge is 0.303 e. The summed E-state index contributed by atoms with van der Waals surface area (Å²) in [6, 6.07) is 0. The zero-order chi connectivity index (χ0) is 11.7. The van der Waals surface area contributed by atoms with Crippen LogP contribution in [-0.2, 0) is 0 Å². The van der Waals surface area contributed by atoms with Gasteiger partial charge in [-0.25, -0.2) is 0 Å². The molecule has 1 nitrogen and oxygen atoms in total. The van der Waals surface area contributed by atoms with Gasteiger partial charge in [0.2, 0.25) is 0 Å². The molecule has 0 rings (SSSR count). The summed E-state index contributed by atoms with van der Waals surface area (Å²) in [5, 5.41) is 0. The maximum absolute atomic E-state index is 3.43. The van der Waals surface area contributed by atoms with Gasteiger partial charge in [0.05, 0.1) is 0 Å². The highest BCUT2D eigenvalue weighted by atomic mass is 79.9. The number of rotatable bonds is 7. The van der Waals surface area contributed by atoms with Crippen LogP contribution in [0.2, 0.25) is 0 Å². The summed E-state index contributed by atoms with van der Waals surface area (Å²) < 4.78 is 1.18. The van der Waals surface area contributed by atoms with Crippen molar-refractivity contribution >= 4 is 15.9 Å². The molecule has 0 atom stereocenters. The van der Waals surface area contributed by atoms with Gasteiger partial charge in [-0.1, -0.05) is 47.5 Å². The van der Waals surface area contributed by atoms with Crippen molar-refractivity contribution in [1.82, 2.24) is 4.90 Å². The molecular weight excluding hydrogens is 250 g/mol. The Morgan fingerprint density at radius 3 is 2.27 bits per heavy atom. The first kappa shape index (κ1) is 14.9. The molecular formula is C13H24BrN. The lowest BCUT2D eigenvalue weighted by atomic mass is 10.2. The van der Waals surface area contributed by atoms with Gasteiger partial charge in [0.1, 0.15) is 0 Å². The number of hydrogen-bond donors (Lipinski definition) is 0. The Morgan fingerprint density at radius 1 is 1.13 bits per heavy atom. The summed E-state index contributed by atoms with van der Waals surface area (Å²) in [4.78, 5) is 2.50. The minimum Gasteiger partial charge on any atom is -0.303 e. The van der Waals surface area contributed by atoms with Gasteiger partial charge in [-0.05, 0) is 44.3 Å². The lowest BCUT2D eigenvalue weighted by Gasteiger charge is -2.19. The standard InChI is InChI=1S/C13H24BrN/c1-5-10-15(6-2)11-9-12(3)7-8-13(4)14/h7-8H,5-6,9-11H2,1-4H3/b12-7+,13-8+. The predicted molar refractivity (Wildman–Crippen MR) is 73.5 cm³/mol. The van der Waals surface area contributed by atoms with Crippen molar-refractivity contribution in [2.75, 3.05) is 19.6 Å². The van der Waals surface area contributed by atoms with Gasteiger partial charge >= 0.3 is 0 Å². The van der Waals surface area contributed by atoms with E-state index >= 15 is 0 Å². The second-order valence-corrected chi connectivity index (χ2v) is 5.20.